The molecule has 0 aromatic carbocycles. The number of hydrogen-bond acceptors (Lipinski definition) is 2. The van der Waals surface area contributed by atoms with Gasteiger partial charge in [0.05, 0.1) is 20.0 Å². The van der Waals surface area contributed by atoms with Crippen molar-refractivity contribution < 1.29 is 21.8 Å². The van der Waals surface area contributed by atoms with E-state index in [0.29, 0.717) is 0 Å². The third-order valence-electron chi connectivity index (χ3n) is 4.06. The van der Waals surface area contributed by atoms with Crippen molar-refractivity contribution in [2.75, 3.05) is 6.61 Å². The Morgan fingerprint density at radius 1 is 0.958 bits per heavy atom. The van der Waals surface area contributed by atoms with E-state index in [1.54, 1.807) is 0 Å². The predicted molar refractivity (Wildman–Crippen MR) is 101 cm³/mol. The smallest absolute Gasteiger partial charge is 0.478 e. The average Bonchev–Trinajstić information content (AvgIpc) is 3.20. The van der Waals surface area contributed by atoms with Gasteiger partial charge in [-0.15, -0.1) is 0 Å². The fraction of sp³-hybridized carbons (Fsp3) is 0.450. The third-order valence-corrected chi connectivity index (χ3v) is 6.11. The molecule has 0 N–H and O–H groups in total. The van der Waals surface area contributed by atoms with Crippen LogP contribution in [0.3, 0.4) is 0 Å². The number of ether oxygens (including phenoxy) is 1. The molecule has 2 aliphatic carbocycles. The SMILES string of the molecule is CC(C)(C)[C@H]1COC([C]2[CH][CH][CH][C]2[Si](C)(C)C)=N1.[CH]1[CH][CH][CH][CH]1.[Fe+2]. The molecule has 2 fully saturated rings. The van der Waals surface area contributed by atoms with Crippen molar-refractivity contribution in [3.8, 4) is 0 Å². The Morgan fingerprint density at radius 2 is 1.50 bits per heavy atom. The van der Waals surface area contributed by atoms with E-state index >= 15 is 0 Å². The fourth-order valence-corrected chi connectivity index (χ4v) is 4.14. The van der Waals surface area contributed by atoms with E-state index in [1.165, 1.54) is 11.5 Å². The molecule has 24 heavy (non-hydrogen) atoms. The molecule has 0 unspecified atom stereocenters. The standard InChI is InChI=1S/C15H24NOSi.C5H5.Fe/c1-15(2,3)13-10-17-14(16-13)11-8-7-9-12(11)18(4,5)6;1-2-4-5-3-1;/h7-9,13H,10H2,1-6H3;1-5H;/q;;+2/t13-;;/m1../s1. The van der Waals surface area contributed by atoms with Crippen molar-refractivity contribution in [1.29, 1.82) is 0 Å². The number of rotatable bonds is 2. The molecule has 2 saturated carbocycles. The molecular formula is C20H29FeNOSi+2. The Morgan fingerprint density at radius 3 is 1.92 bits per heavy atom. The molecule has 10 radical (unpaired) electrons. The van der Waals surface area contributed by atoms with Crippen LogP contribution in [0.1, 0.15) is 20.8 Å². The number of aliphatic imine (C=N–C) groups is 1. The molecule has 4 heteroatoms. The van der Waals surface area contributed by atoms with Crippen LogP contribution in [0.5, 0.6) is 0 Å². The zero-order chi connectivity index (χ0) is 17.1. The van der Waals surface area contributed by atoms with Gasteiger partial charge in [0.25, 0.3) is 0 Å². The first-order valence-electron chi connectivity index (χ1n) is 8.33. The van der Waals surface area contributed by atoms with E-state index in [2.05, 4.69) is 59.7 Å². The molecule has 1 atom stereocenters. The second kappa shape index (κ2) is 9.23. The molecule has 0 bridgehead atoms. The van der Waals surface area contributed by atoms with E-state index in [-0.39, 0.29) is 28.5 Å². The van der Waals surface area contributed by atoms with Crippen LogP contribution < -0.4 is 0 Å². The normalized spacial score (nSPS) is 25.6. The van der Waals surface area contributed by atoms with Crippen LogP contribution in [0.2, 0.25) is 19.6 Å². The fourth-order valence-electron chi connectivity index (χ4n) is 2.55. The second-order valence-corrected chi connectivity index (χ2v) is 13.2. The van der Waals surface area contributed by atoms with Gasteiger partial charge in [0.15, 0.2) is 5.90 Å². The second-order valence-electron chi connectivity index (χ2n) is 8.19. The van der Waals surface area contributed by atoms with E-state index < -0.39 is 8.07 Å². The monoisotopic (exact) mass is 383 g/mol. The Labute approximate surface area is 162 Å². The molecule has 130 valence electrons. The van der Waals surface area contributed by atoms with Crippen LogP contribution in [0, 0.1) is 68.2 Å². The van der Waals surface area contributed by atoms with Gasteiger partial charge in [-0.1, -0.05) is 40.4 Å². The topological polar surface area (TPSA) is 21.6 Å². The summed E-state index contributed by atoms with van der Waals surface area (Å²) in [4.78, 5) is 4.79. The third kappa shape index (κ3) is 6.18. The average molecular weight is 383 g/mol. The predicted octanol–water partition coefficient (Wildman–Crippen LogP) is 4.50. The molecule has 0 aromatic rings. The van der Waals surface area contributed by atoms with Crippen molar-refractivity contribution in [2.24, 2.45) is 10.4 Å². The van der Waals surface area contributed by atoms with Crippen LogP contribution in [0.25, 0.3) is 0 Å². The van der Waals surface area contributed by atoms with Gasteiger partial charge in [-0.3, -0.25) is 0 Å². The van der Waals surface area contributed by atoms with Gasteiger partial charge in [-0.25, -0.2) is 4.99 Å². The molecule has 1 heterocycles. The van der Waals surface area contributed by atoms with Gasteiger partial charge in [-0.05, 0) is 62.3 Å². The largest absolute Gasteiger partial charge is 2.00 e. The molecular weight excluding hydrogens is 354 g/mol. The van der Waals surface area contributed by atoms with Crippen molar-refractivity contribution >= 4 is 14.0 Å². The van der Waals surface area contributed by atoms with E-state index in [4.69, 9.17) is 9.73 Å². The van der Waals surface area contributed by atoms with Crippen LogP contribution in [0.4, 0.5) is 0 Å². The Hall–Kier alpha value is 0.206. The van der Waals surface area contributed by atoms with E-state index in [1.807, 2.05) is 32.1 Å². The summed E-state index contributed by atoms with van der Waals surface area (Å²) in [6.07, 6.45) is 16.5. The van der Waals surface area contributed by atoms with E-state index in [0.717, 1.165) is 12.5 Å². The molecule has 3 rings (SSSR count). The summed E-state index contributed by atoms with van der Waals surface area (Å²) < 4.78 is 5.84. The maximum Gasteiger partial charge on any atom is 2.00 e. The van der Waals surface area contributed by atoms with Crippen molar-refractivity contribution in [2.45, 2.75) is 46.5 Å². The molecule has 0 aromatic heterocycles. The molecule has 2 nitrogen and oxygen atoms in total. The van der Waals surface area contributed by atoms with Crippen molar-refractivity contribution in [1.82, 2.24) is 0 Å². The molecule has 0 saturated heterocycles. The first kappa shape index (κ1) is 22.2. The molecule has 0 amide bonds. The number of hydrogen-bond donors (Lipinski definition) is 0. The minimum absolute atomic E-state index is 0. The maximum atomic E-state index is 5.84. The van der Waals surface area contributed by atoms with Crippen LogP contribution in [-0.2, 0) is 21.8 Å². The molecule has 0 spiro atoms. The van der Waals surface area contributed by atoms with Crippen LogP contribution in [-0.4, -0.2) is 26.6 Å². The summed E-state index contributed by atoms with van der Waals surface area (Å²) in [6.45, 7) is 14.5. The number of nitrogens with zero attached hydrogens (tertiary/aromatic N) is 1. The van der Waals surface area contributed by atoms with Crippen molar-refractivity contribution in [3.63, 3.8) is 0 Å². The molecule has 3 aliphatic rings. The van der Waals surface area contributed by atoms with Gasteiger partial charge in [0, 0.05) is 0 Å². The first-order chi connectivity index (χ1) is 10.7. The Kier molecular flexibility index (Phi) is 8.56. The van der Waals surface area contributed by atoms with Gasteiger partial charge < -0.3 is 4.74 Å². The quantitative estimate of drug-likeness (QED) is 0.644. The summed E-state index contributed by atoms with van der Waals surface area (Å²) in [5.41, 5.74) is 1.63. The summed E-state index contributed by atoms with van der Waals surface area (Å²) >= 11 is 0. The summed E-state index contributed by atoms with van der Waals surface area (Å²) in [7, 11) is -1.32. The van der Waals surface area contributed by atoms with E-state index in [9.17, 15) is 0 Å². The van der Waals surface area contributed by atoms with Crippen LogP contribution in [0.15, 0.2) is 4.99 Å². The van der Waals surface area contributed by atoms with Gasteiger partial charge >= 0.3 is 17.1 Å². The maximum absolute atomic E-state index is 5.84. The van der Waals surface area contributed by atoms with Crippen molar-refractivity contribution in [3.05, 3.63) is 62.8 Å². The minimum Gasteiger partial charge on any atom is -0.478 e. The van der Waals surface area contributed by atoms with Gasteiger partial charge in [0.1, 0.15) is 6.61 Å². The van der Waals surface area contributed by atoms with Crippen LogP contribution >= 0.6 is 0 Å². The minimum atomic E-state index is -1.32. The first-order valence-corrected chi connectivity index (χ1v) is 11.8. The summed E-state index contributed by atoms with van der Waals surface area (Å²) in [5.74, 6) is 2.08. The van der Waals surface area contributed by atoms with Gasteiger partial charge in [0.2, 0.25) is 0 Å². The Balaban J connectivity index is 0.000000412. The zero-order valence-electron chi connectivity index (χ0n) is 15.6. The molecule has 1 aliphatic heterocycles. The Bertz CT molecular complexity index is 399. The van der Waals surface area contributed by atoms with Gasteiger partial charge in [-0.2, -0.15) is 0 Å². The zero-order valence-corrected chi connectivity index (χ0v) is 17.7. The summed E-state index contributed by atoms with van der Waals surface area (Å²) in [6, 6.07) is 0.275. The summed E-state index contributed by atoms with van der Waals surface area (Å²) in [5, 5.41) is 0.